The fraction of sp³-hybridized carbons (Fsp3) is 0.200. The molecule has 0 spiro atoms. The molecule has 0 aliphatic carbocycles. The summed E-state index contributed by atoms with van der Waals surface area (Å²) >= 11 is 6.16. The number of nitrogens with zero attached hydrogens (tertiary/aromatic N) is 2. The molecule has 2 aromatic carbocycles. The van der Waals surface area contributed by atoms with Gasteiger partial charge in [-0.05, 0) is 48.2 Å². The molecule has 0 fully saturated rings. The lowest BCUT2D eigenvalue weighted by molar-refractivity contribution is 0.464. The molecule has 0 atom stereocenters. The third kappa shape index (κ3) is 3.89. The van der Waals surface area contributed by atoms with Crippen LogP contribution in [0.25, 0.3) is 0 Å². The van der Waals surface area contributed by atoms with E-state index in [1.165, 1.54) is 11.9 Å². The summed E-state index contributed by atoms with van der Waals surface area (Å²) in [5.41, 5.74) is 9.52. The molecule has 3 rings (SSSR count). The number of rotatable bonds is 5. The van der Waals surface area contributed by atoms with Gasteiger partial charge < -0.3 is 15.8 Å². The van der Waals surface area contributed by atoms with Gasteiger partial charge in [0.2, 0.25) is 5.88 Å². The quantitative estimate of drug-likeness (QED) is 0.606. The molecule has 1 heterocycles. The maximum absolute atomic E-state index is 6.20. The molecule has 3 N–H and O–H groups in total. The number of nitrogens with one attached hydrogen (secondary N) is 1. The Morgan fingerprint density at radius 2 is 1.81 bits per heavy atom. The molecule has 0 saturated carbocycles. The first kappa shape index (κ1) is 18.0. The van der Waals surface area contributed by atoms with Crippen LogP contribution in [0.2, 0.25) is 5.02 Å². The lowest BCUT2D eigenvalue weighted by Gasteiger charge is -2.14. The minimum Gasteiger partial charge on any atom is -0.437 e. The van der Waals surface area contributed by atoms with E-state index in [-0.39, 0.29) is 0 Å². The summed E-state index contributed by atoms with van der Waals surface area (Å²) in [5, 5.41) is 3.86. The molecule has 0 radical (unpaired) electrons. The number of nitrogen functional groups attached to an aromatic ring is 1. The lowest BCUT2D eigenvalue weighted by Crippen LogP contribution is -2.04. The van der Waals surface area contributed by atoms with Crippen LogP contribution in [0.1, 0.15) is 30.9 Å². The van der Waals surface area contributed by atoms with Crippen molar-refractivity contribution in [2.75, 3.05) is 11.1 Å². The smallest absolute Gasteiger partial charge is 0.248 e. The summed E-state index contributed by atoms with van der Waals surface area (Å²) in [5.74, 6) is 1.91. The highest BCUT2D eigenvalue weighted by Gasteiger charge is 2.12. The summed E-state index contributed by atoms with van der Waals surface area (Å²) in [4.78, 5) is 8.36. The standard InChI is InChI=1S/C20H21ClN4O/c1-12(2)14-7-9-15(10-8-14)26-20-18(22)19(23-11-24-20)25-17-6-4-5-16(21)13(17)3/h4-12H,22H2,1-3H3,(H,23,24,25). The molecule has 0 amide bonds. The van der Waals surface area contributed by atoms with Crippen LogP contribution < -0.4 is 15.8 Å². The Labute approximate surface area is 158 Å². The molecule has 0 unspecified atom stereocenters. The molecule has 3 aromatic rings. The number of aromatic nitrogens is 2. The van der Waals surface area contributed by atoms with Crippen molar-refractivity contribution < 1.29 is 4.74 Å². The summed E-state index contributed by atoms with van der Waals surface area (Å²) in [6.45, 7) is 6.22. The van der Waals surface area contributed by atoms with E-state index in [0.717, 1.165) is 11.3 Å². The molecule has 0 aliphatic heterocycles. The van der Waals surface area contributed by atoms with Crippen molar-refractivity contribution in [3.63, 3.8) is 0 Å². The van der Waals surface area contributed by atoms with Gasteiger partial charge in [-0.2, -0.15) is 4.98 Å². The predicted octanol–water partition coefficient (Wildman–Crippen LogP) is 5.68. The highest BCUT2D eigenvalue weighted by molar-refractivity contribution is 6.31. The van der Waals surface area contributed by atoms with Gasteiger partial charge in [-0.1, -0.05) is 43.6 Å². The van der Waals surface area contributed by atoms with Gasteiger partial charge in [-0.3, -0.25) is 0 Å². The first-order valence-corrected chi connectivity index (χ1v) is 8.74. The number of benzene rings is 2. The molecule has 1 aromatic heterocycles. The summed E-state index contributed by atoms with van der Waals surface area (Å²) in [7, 11) is 0. The van der Waals surface area contributed by atoms with Gasteiger partial charge in [-0.15, -0.1) is 0 Å². The van der Waals surface area contributed by atoms with E-state index in [0.29, 0.717) is 34.1 Å². The molecule has 0 saturated heterocycles. The Bertz CT molecular complexity index is 910. The number of anilines is 3. The number of hydrogen-bond donors (Lipinski definition) is 2. The molecule has 26 heavy (non-hydrogen) atoms. The molecule has 6 heteroatoms. The second kappa shape index (κ2) is 7.62. The molecular formula is C20H21ClN4O. The van der Waals surface area contributed by atoms with Gasteiger partial charge in [-0.25, -0.2) is 4.98 Å². The van der Waals surface area contributed by atoms with Crippen LogP contribution in [0.4, 0.5) is 17.2 Å². The molecule has 134 valence electrons. The molecule has 5 nitrogen and oxygen atoms in total. The van der Waals surface area contributed by atoms with Gasteiger partial charge in [0, 0.05) is 10.7 Å². The fourth-order valence-electron chi connectivity index (χ4n) is 2.46. The summed E-state index contributed by atoms with van der Waals surface area (Å²) in [6, 6.07) is 13.5. The van der Waals surface area contributed by atoms with Crippen molar-refractivity contribution in [3.8, 4) is 11.6 Å². The largest absolute Gasteiger partial charge is 0.437 e. The zero-order chi connectivity index (χ0) is 18.7. The minimum absolute atomic E-state index is 0.305. The van der Waals surface area contributed by atoms with Crippen LogP contribution in [0.3, 0.4) is 0 Å². The Hall–Kier alpha value is -2.79. The van der Waals surface area contributed by atoms with Crippen LogP contribution in [0.15, 0.2) is 48.8 Å². The predicted molar refractivity (Wildman–Crippen MR) is 107 cm³/mol. The second-order valence-corrected chi connectivity index (χ2v) is 6.71. The fourth-order valence-corrected chi connectivity index (χ4v) is 2.64. The van der Waals surface area contributed by atoms with Crippen LogP contribution in [0.5, 0.6) is 11.6 Å². The minimum atomic E-state index is 0.305. The zero-order valence-electron chi connectivity index (χ0n) is 15.0. The summed E-state index contributed by atoms with van der Waals surface area (Å²) in [6.07, 6.45) is 1.41. The van der Waals surface area contributed by atoms with Crippen LogP contribution in [-0.4, -0.2) is 9.97 Å². The monoisotopic (exact) mass is 368 g/mol. The third-order valence-electron chi connectivity index (χ3n) is 4.13. The van der Waals surface area contributed by atoms with E-state index in [2.05, 4.69) is 29.1 Å². The second-order valence-electron chi connectivity index (χ2n) is 6.30. The first-order chi connectivity index (χ1) is 12.5. The van der Waals surface area contributed by atoms with Crippen LogP contribution in [-0.2, 0) is 0 Å². The van der Waals surface area contributed by atoms with Crippen molar-refractivity contribution >= 4 is 28.8 Å². The summed E-state index contributed by atoms with van der Waals surface area (Å²) < 4.78 is 5.83. The number of hydrogen-bond acceptors (Lipinski definition) is 5. The Balaban J connectivity index is 1.84. The number of ether oxygens (including phenoxy) is 1. The van der Waals surface area contributed by atoms with Gasteiger partial charge in [0.05, 0.1) is 0 Å². The average Bonchev–Trinajstić information content (AvgIpc) is 2.62. The van der Waals surface area contributed by atoms with Gasteiger partial charge >= 0.3 is 0 Å². The normalized spacial score (nSPS) is 10.8. The van der Waals surface area contributed by atoms with E-state index in [9.17, 15) is 0 Å². The SMILES string of the molecule is Cc1c(Cl)cccc1Nc1ncnc(Oc2ccc(C(C)C)cc2)c1N. The lowest BCUT2D eigenvalue weighted by atomic mass is 10.0. The maximum Gasteiger partial charge on any atom is 0.248 e. The van der Waals surface area contributed by atoms with Crippen molar-refractivity contribution in [1.82, 2.24) is 9.97 Å². The van der Waals surface area contributed by atoms with Crippen molar-refractivity contribution in [3.05, 3.63) is 64.9 Å². The van der Waals surface area contributed by atoms with E-state index in [1.54, 1.807) is 0 Å². The van der Waals surface area contributed by atoms with Crippen LogP contribution in [0, 0.1) is 6.92 Å². The van der Waals surface area contributed by atoms with Gasteiger partial charge in [0.15, 0.2) is 5.82 Å². The Morgan fingerprint density at radius 3 is 2.50 bits per heavy atom. The highest BCUT2D eigenvalue weighted by atomic mass is 35.5. The third-order valence-corrected chi connectivity index (χ3v) is 4.54. The average molecular weight is 369 g/mol. The van der Waals surface area contributed by atoms with Crippen molar-refractivity contribution in [2.45, 2.75) is 26.7 Å². The molecule has 0 aliphatic rings. The number of nitrogens with two attached hydrogens (primary N) is 1. The molecular weight excluding hydrogens is 348 g/mol. The molecule has 0 bridgehead atoms. The van der Waals surface area contributed by atoms with Crippen molar-refractivity contribution in [2.24, 2.45) is 0 Å². The Kier molecular flexibility index (Phi) is 5.28. The van der Waals surface area contributed by atoms with Crippen LogP contribution >= 0.6 is 11.6 Å². The van der Waals surface area contributed by atoms with E-state index >= 15 is 0 Å². The topological polar surface area (TPSA) is 73.1 Å². The number of halogens is 1. The van der Waals surface area contributed by atoms with E-state index < -0.39 is 0 Å². The maximum atomic E-state index is 6.20. The van der Waals surface area contributed by atoms with E-state index in [1.807, 2.05) is 49.4 Å². The highest BCUT2D eigenvalue weighted by Crippen LogP contribution is 2.33. The Morgan fingerprint density at radius 1 is 1.08 bits per heavy atom. The van der Waals surface area contributed by atoms with Gasteiger partial charge in [0.25, 0.3) is 0 Å². The van der Waals surface area contributed by atoms with Crippen molar-refractivity contribution in [1.29, 1.82) is 0 Å². The zero-order valence-corrected chi connectivity index (χ0v) is 15.7. The van der Waals surface area contributed by atoms with E-state index in [4.69, 9.17) is 22.1 Å². The van der Waals surface area contributed by atoms with Gasteiger partial charge in [0.1, 0.15) is 17.8 Å². The first-order valence-electron chi connectivity index (χ1n) is 8.36.